The molecule has 0 N–H and O–H groups in total. The second-order valence-corrected chi connectivity index (χ2v) is 2.47. The number of hydrogen-bond donors (Lipinski definition) is 0. The average Bonchev–Trinajstić information content (AvgIpc) is 2.47. The molecule has 1 aromatic rings. The second-order valence-electron chi connectivity index (χ2n) is 2.47. The van der Waals surface area contributed by atoms with E-state index in [0.29, 0.717) is 0 Å². The predicted octanol–water partition coefficient (Wildman–Crippen LogP) is 2.28. The van der Waals surface area contributed by atoms with Crippen LogP contribution in [-0.2, 0) is 4.89 Å². The zero-order valence-electron chi connectivity index (χ0n) is 6.28. The molecule has 0 aliphatic carbocycles. The van der Waals surface area contributed by atoms with Gasteiger partial charge in [-0.1, -0.05) is 25.1 Å². The van der Waals surface area contributed by atoms with Crippen LogP contribution in [0.1, 0.15) is 18.6 Å². The highest BCUT2D eigenvalue weighted by atomic mass is 17.2. The van der Waals surface area contributed by atoms with E-state index >= 15 is 0 Å². The molecule has 1 aromatic carbocycles. The van der Waals surface area contributed by atoms with Gasteiger partial charge in [0.1, 0.15) is 6.10 Å². The number of hydrogen-bond acceptors (Lipinski definition) is 2. The highest BCUT2D eigenvalue weighted by Gasteiger charge is 2.23. The van der Waals surface area contributed by atoms with E-state index in [2.05, 4.69) is 0 Å². The Hall–Kier alpha value is -1.02. The summed E-state index contributed by atoms with van der Waals surface area (Å²) in [6, 6.07) is 7.82. The zero-order valence-corrected chi connectivity index (χ0v) is 6.28. The lowest BCUT2D eigenvalue weighted by molar-refractivity contribution is -0.214. The number of fused-ring (bicyclic) bond motifs is 1. The first-order valence-electron chi connectivity index (χ1n) is 3.63. The maximum absolute atomic E-state index is 5.02. The Morgan fingerprint density at radius 2 is 2.18 bits per heavy atom. The minimum atomic E-state index is 0.00574. The Labute approximate surface area is 65.7 Å². The smallest absolute Gasteiger partial charge is 0.171 e. The van der Waals surface area contributed by atoms with Gasteiger partial charge in [0.2, 0.25) is 0 Å². The topological polar surface area (TPSA) is 18.5 Å². The third-order valence-corrected chi connectivity index (χ3v) is 1.77. The summed E-state index contributed by atoms with van der Waals surface area (Å²) in [5, 5.41) is 0. The van der Waals surface area contributed by atoms with Crippen molar-refractivity contribution in [3.05, 3.63) is 36.2 Å². The van der Waals surface area contributed by atoms with Crippen LogP contribution in [0.2, 0.25) is 0 Å². The summed E-state index contributed by atoms with van der Waals surface area (Å²) in [6.07, 6.45) is 1.97. The van der Waals surface area contributed by atoms with E-state index in [0.717, 1.165) is 11.3 Å². The Morgan fingerprint density at radius 3 is 3.00 bits per heavy atom. The van der Waals surface area contributed by atoms with Gasteiger partial charge >= 0.3 is 0 Å². The molecule has 2 nitrogen and oxygen atoms in total. The molecule has 2 rings (SSSR count). The van der Waals surface area contributed by atoms with Crippen molar-refractivity contribution in [3.63, 3.8) is 0 Å². The van der Waals surface area contributed by atoms with Gasteiger partial charge in [0.05, 0.1) is 0 Å². The molecule has 0 bridgehead atoms. The van der Waals surface area contributed by atoms with Crippen LogP contribution in [0.3, 0.4) is 0 Å². The molecular weight excluding hydrogens is 140 g/mol. The van der Waals surface area contributed by atoms with Crippen molar-refractivity contribution >= 4 is 0 Å². The van der Waals surface area contributed by atoms with Gasteiger partial charge in [0, 0.05) is 5.56 Å². The fraction of sp³-hybridized carbons (Fsp3) is 0.222. The quantitative estimate of drug-likeness (QED) is 0.570. The van der Waals surface area contributed by atoms with E-state index in [-0.39, 0.29) is 6.10 Å². The van der Waals surface area contributed by atoms with Crippen molar-refractivity contribution in [1.82, 2.24) is 0 Å². The summed E-state index contributed by atoms with van der Waals surface area (Å²) in [5.74, 6) is 0.829. The molecule has 0 amide bonds. The van der Waals surface area contributed by atoms with E-state index in [1.165, 1.54) is 0 Å². The minimum Gasteiger partial charge on any atom is -0.337 e. The van der Waals surface area contributed by atoms with Crippen LogP contribution >= 0.6 is 0 Å². The molecule has 0 fully saturated rings. The predicted molar refractivity (Wildman–Crippen MR) is 40.9 cm³/mol. The van der Waals surface area contributed by atoms with Crippen LogP contribution < -0.4 is 4.89 Å². The number of para-hydroxylation sites is 1. The van der Waals surface area contributed by atoms with E-state index in [1.807, 2.05) is 37.6 Å². The van der Waals surface area contributed by atoms with Gasteiger partial charge in [-0.3, -0.25) is 0 Å². The monoisotopic (exact) mass is 149 g/mol. The standard InChI is InChI=1S/C9H9O2/c1-2-8-7-5-3-4-6-9(7)11-10-8/h2-6,8H,1H3. The highest BCUT2D eigenvalue weighted by Crippen LogP contribution is 2.35. The van der Waals surface area contributed by atoms with Crippen LogP contribution in [0.4, 0.5) is 0 Å². The van der Waals surface area contributed by atoms with E-state index in [9.17, 15) is 0 Å². The van der Waals surface area contributed by atoms with Crippen molar-refractivity contribution in [3.8, 4) is 5.75 Å². The van der Waals surface area contributed by atoms with Crippen molar-refractivity contribution in [2.75, 3.05) is 0 Å². The van der Waals surface area contributed by atoms with Crippen LogP contribution in [0, 0.1) is 6.42 Å². The summed E-state index contributed by atoms with van der Waals surface area (Å²) in [5.41, 5.74) is 1.11. The molecular formula is C9H9O2. The van der Waals surface area contributed by atoms with Crippen molar-refractivity contribution in [2.45, 2.75) is 13.0 Å². The zero-order chi connectivity index (χ0) is 7.68. The fourth-order valence-corrected chi connectivity index (χ4v) is 1.18. The lowest BCUT2D eigenvalue weighted by Gasteiger charge is -2.00. The molecule has 1 unspecified atom stereocenters. The first-order chi connectivity index (χ1) is 5.42. The van der Waals surface area contributed by atoms with Gasteiger partial charge in [-0.2, -0.15) is 4.89 Å². The maximum atomic E-state index is 5.02. The average molecular weight is 149 g/mol. The van der Waals surface area contributed by atoms with Crippen LogP contribution in [0.5, 0.6) is 5.75 Å². The lowest BCUT2D eigenvalue weighted by atomic mass is 10.1. The second kappa shape index (κ2) is 2.55. The fourth-order valence-electron chi connectivity index (χ4n) is 1.18. The Kier molecular flexibility index (Phi) is 1.55. The Morgan fingerprint density at radius 1 is 1.36 bits per heavy atom. The molecule has 1 aliphatic rings. The van der Waals surface area contributed by atoms with Crippen LogP contribution in [-0.4, -0.2) is 0 Å². The van der Waals surface area contributed by atoms with Gasteiger partial charge in [0.25, 0.3) is 0 Å². The molecule has 1 radical (unpaired) electrons. The molecule has 2 heteroatoms. The first-order valence-corrected chi connectivity index (χ1v) is 3.63. The molecule has 0 spiro atoms. The third-order valence-electron chi connectivity index (χ3n) is 1.77. The van der Waals surface area contributed by atoms with Gasteiger partial charge in [-0.25, -0.2) is 0 Å². The number of rotatable bonds is 1. The molecule has 0 saturated carbocycles. The summed E-state index contributed by atoms with van der Waals surface area (Å²) >= 11 is 0. The summed E-state index contributed by atoms with van der Waals surface area (Å²) in [6.45, 7) is 1.95. The number of benzene rings is 1. The van der Waals surface area contributed by atoms with E-state index in [1.54, 1.807) is 0 Å². The molecule has 11 heavy (non-hydrogen) atoms. The SMILES string of the molecule is C[CH]C1OOc2ccccc21. The largest absolute Gasteiger partial charge is 0.337 e. The van der Waals surface area contributed by atoms with Gasteiger partial charge < -0.3 is 4.89 Å². The van der Waals surface area contributed by atoms with Crippen molar-refractivity contribution < 1.29 is 9.78 Å². The van der Waals surface area contributed by atoms with Crippen LogP contribution in [0.15, 0.2) is 24.3 Å². The van der Waals surface area contributed by atoms with Crippen molar-refractivity contribution in [1.29, 1.82) is 0 Å². The van der Waals surface area contributed by atoms with Crippen molar-refractivity contribution in [2.24, 2.45) is 0 Å². The lowest BCUT2D eigenvalue weighted by Crippen LogP contribution is -1.94. The Bertz CT molecular complexity index is 257. The van der Waals surface area contributed by atoms with Gasteiger partial charge in [0.15, 0.2) is 5.75 Å². The first kappa shape index (κ1) is 6.68. The molecule has 0 aromatic heterocycles. The highest BCUT2D eigenvalue weighted by molar-refractivity contribution is 5.37. The van der Waals surface area contributed by atoms with Gasteiger partial charge in [-0.05, 0) is 12.5 Å². The van der Waals surface area contributed by atoms with Gasteiger partial charge in [-0.15, -0.1) is 0 Å². The summed E-state index contributed by atoms with van der Waals surface area (Å²) in [4.78, 5) is 9.99. The minimum absolute atomic E-state index is 0.00574. The maximum Gasteiger partial charge on any atom is 0.171 e. The van der Waals surface area contributed by atoms with Crippen LogP contribution in [0.25, 0.3) is 0 Å². The third kappa shape index (κ3) is 0.994. The molecule has 0 saturated heterocycles. The molecule has 1 heterocycles. The summed E-state index contributed by atoms with van der Waals surface area (Å²) < 4.78 is 0. The molecule has 1 atom stereocenters. The van der Waals surface area contributed by atoms with E-state index < -0.39 is 0 Å². The Balaban J connectivity index is 2.39. The summed E-state index contributed by atoms with van der Waals surface area (Å²) in [7, 11) is 0. The molecule has 57 valence electrons. The van der Waals surface area contributed by atoms with E-state index in [4.69, 9.17) is 9.78 Å². The normalized spacial score (nSPS) is 21.0. The molecule has 1 aliphatic heterocycles.